The molecule has 0 spiro atoms. The molecule has 0 heterocycles. The number of hydrogen-bond acceptors (Lipinski definition) is 2. The number of nitrogens with one attached hydrogen (secondary N) is 1. The minimum absolute atomic E-state index is 0.297. The highest BCUT2D eigenvalue weighted by Crippen LogP contribution is 2.38. The normalized spacial score (nSPS) is 10.3. The Morgan fingerprint density at radius 3 is 2.26 bits per heavy atom. The van der Waals surface area contributed by atoms with Gasteiger partial charge in [0.2, 0.25) is 0 Å². The first-order chi connectivity index (χ1) is 9.09. The molecule has 0 saturated carbocycles. The molecule has 0 radical (unpaired) electrons. The van der Waals surface area contributed by atoms with E-state index in [0.29, 0.717) is 27.4 Å². The summed E-state index contributed by atoms with van der Waals surface area (Å²) in [6.07, 6.45) is 0. The molecular formula is C13H10Cl4N2. The summed E-state index contributed by atoms with van der Waals surface area (Å²) in [7, 11) is 0. The Bertz CT molecular complexity index is 560. The molecule has 2 aromatic carbocycles. The lowest BCUT2D eigenvalue weighted by atomic mass is 10.3. The van der Waals surface area contributed by atoms with Gasteiger partial charge in [0.15, 0.2) is 0 Å². The van der Waals surface area contributed by atoms with E-state index in [1.807, 2.05) is 30.3 Å². The molecule has 0 aliphatic heterocycles. The quantitative estimate of drug-likeness (QED) is 0.439. The molecule has 0 unspecified atom stereocenters. The van der Waals surface area contributed by atoms with Crippen molar-refractivity contribution in [3.63, 3.8) is 0 Å². The summed E-state index contributed by atoms with van der Waals surface area (Å²) in [5.74, 6) is 0. The van der Waals surface area contributed by atoms with Crippen LogP contribution in [0.25, 0.3) is 0 Å². The van der Waals surface area contributed by atoms with Crippen LogP contribution in [0.2, 0.25) is 15.1 Å². The van der Waals surface area contributed by atoms with E-state index in [-0.39, 0.29) is 0 Å². The van der Waals surface area contributed by atoms with Crippen molar-refractivity contribution in [3.8, 4) is 0 Å². The Hall–Kier alpha value is -0.800. The molecule has 2 aromatic rings. The van der Waals surface area contributed by atoms with Crippen LogP contribution in [0.5, 0.6) is 0 Å². The van der Waals surface area contributed by atoms with Crippen molar-refractivity contribution < 1.29 is 0 Å². The molecule has 2 rings (SSSR count). The first kappa shape index (κ1) is 14.6. The lowest BCUT2D eigenvalue weighted by Crippen LogP contribution is -2.19. The van der Waals surface area contributed by atoms with Crippen molar-refractivity contribution in [2.45, 2.75) is 0 Å². The fraction of sp³-hybridized carbons (Fsp3) is 0.0769. The largest absolute Gasteiger partial charge is 0.367 e. The molecule has 0 aliphatic rings. The van der Waals surface area contributed by atoms with Gasteiger partial charge in [-0.15, -0.1) is 0 Å². The van der Waals surface area contributed by atoms with Gasteiger partial charge in [0, 0.05) is 17.5 Å². The molecule has 0 amide bonds. The molecule has 0 atom stereocenters. The van der Waals surface area contributed by atoms with Crippen molar-refractivity contribution in [2.75, 3.05) is 16.4 Å². The monoisotopic (exact) mass is 334 g/mol. The summed E-state index contributed by atoms with van der Waals surface area (Å²) >= 11 is 24.1. The van der Waals surface area contributed by atoms with Gasteiger partial charge in [-0.05, 0) is 24.3 Å². The van der Waals surface area contributed by atoms with Crippen LogP contribution in [0.4, 0.5) is 11.4 Å². The molecule has 0 saturated heterocycles. The van der Waals surface area contributed by atoms with Crippen LogP contribution in [-0.2, 0) is 0 Å². The van der Waals surface area contributed by atoms with Gasteiger partial charge in [0.25, 0.3) is 0 Å². The first-order valence-corrected chi connectivity index (χ1v) is 6.92. The molecule has 19 heavy (non-hydrogen) atoms. The highest BCUT2D eigenvalue weighted by atomic mass is 35.5. The van der Waals surface area contributed by atoms with Gasteiger partial charge in [-0.2, -0.15) is 0 Å². The fourth-order valence-corrected chi connectivity index (χ4v) is 2.38. The van der Waals surface area contributed by atoms with Gasteiger partial charge < -0.3 is 5.32 Å². The minimum Gasteiger partial charge on any atom is -0.367 e. The number of para-hydroxylation sites is 1. The number of hydrogen-bond donors (Lipinski definition) is 1. The first-order valence-electron chi connectivity index (χ1n) is 5.45. The molecule has 1 N–H and O–H groups in total. The van der Waals surface area contributed by atoms with Crippen LogP contribution in [-0.4, -0.2) is 6.67 Å². The van der Waals surface area contributed by atoms with E-state index in [1.54, 1.807) is 12.1 Å². The van der Waals surface area contributed by atoms with Crippen LogP contribution < -0.4 is 9.74 Å². The van der Waals surface area contributed by atoms with Crippen molar-refractivity contribution >= 4 is 58.0 Å². The van der Waals surface area contributed by atoms with E-state index in [2.05, 4.69) is 5.32 Å². The van der Waals surface area contributed by atoms with E-state index in [9.17, 15) is 0 Å². The second-order valence-electron chi connectivity index (χ2n) is 3.76. The average molecular weight is 336 g/mol. The summed E-state index contributed by atoms with van der Waals surface area (Å²) in [4.78, 5) is 0. The maximum atomic E-state index is 6.17. The Morgan fingerprint density at radius 2 is 1.58 bits per heavy atom. The second-order valence-corrected chi connectivity index (χ2v) is 5.33. The van der Waals surface area contributed by atoms with Gasteiger partial charge in [0.1, 0.15) is 6.67 Å². The zero-order valence-corrected chi connectivity index (χ0v) is 12.7. The molecule has 6 heteroatoms. The molecule has 100 valence electrons. The fourth-order valence-electron chi connectivity index (χ4n) is 1.50. The Morgan fingerprint density at radius 1 is 0.895 bits per heavy atom. The zero-order chi connectivity index (χ0) is 13.8. The maximum absolute atomic E-state index is 6.17. The van der Waals surface area contributed by atoms with Crippen molar-refractivity contribution in [2.24, 2.45) is 0 Å². The zero-order valence-electron chi connectivity index (χ0n) is 9.71. The third-order valence-corrected chi connectivity index (χ3v) is 4.06. The third-order valence-electron chi connectivity index (χ3n) is 2.47. The summed E-state index contributed by atoms with van der Waals surface area (Å²) in [5.41, 5.74) is 1.56. The molecule has 0 bridgehead atoms. The number of rotatable bonds is 4. The second kappa shape index (κ2) is 6.58. The minimum atomic E-state index is 0.297. The summed E-state index contributed by atoms with van der Waals surface area (Å²) in [5, 5.41) is 4.19. The van der Waals surface area contributed by atoms with E-state index in [1.165, 1.54) is 4.42 Å². The molecule has 2 nitrogen and oxygen atoms in total. The van der Waals surface area contributed by atoms with E-state index >= 15 is 0 Å². The number of benzene rings is 2. The third kappa shape index (κ3) is 3.61. The highest BCUT2D eigenvalue weighted by molar-refractivity contribution is 6.49. The number of nitrogens with zero attached hydrogens (tertiary/aromatic N) is 1. The van der Waals surface area contributed by atoms with Gasteiger partial charge in [-0.3, -0.25) is 4.42 Å². The number of anilines is 2. The standard InChI is InChI=1S/C13H10Cl4N2/c14-10-6-7-11(13(16)12(10)15)19(17)8-18-9-4-2-1-3-5-9/h1-7,18H,8H2. The molecule has 0 aromatic heterocycles. The van der Waals surface area contributed by atoms with Crippen LogP contribution in [0, 0.1) is 0 Å². The summed E-state index contributed by atoms with van der Waals surface area (Å²) in [6.45, 7) is 0.378. The average Bonchev–Trinajstić information content (AvgIpc) is 2.43. The Labute approximate surface area is 131 Å². The van der Waals surface area contributed by atoms with Crippen LogP contribution in [0.1, 0.15) is 0 Å². The van der Waals surface area contributed by atoms with Crippen molar-refractivity contribution in [1.82, 2.24) is 0 Å². The Balaban J connectivity index is 2.08. The predicted octanol–water partition coefficient (Wildman–Crippen LogP) is 5.68. The van der Waals surface area contributed by atoms with Crippen LogP contribution in [0.15, 0.2) is 42.5 Å². The summed E-state index contributed by atoms with van der Waals surface area (Å²) in [6, 6.07) is 13.1. The molecular weight excluding hydrogens is 326 g/mol. The topological polar surface area (TPSA) is 15.3 Å². The predicted molar refractivity (Wildman–Crippen MR) is 84.7 cm³/mol. The smallest absolute Gasteiger partial charge is 0.103 e. The van der Waals surface area contributed by atoms with Crippen molar-refractivity contribution in [1.29, 1.82) is 0 Å². The van der Waals surface area contributed by atoms with Crippen LogP contribution in [0.3, 0.4) is 0 Å². The van der Waals surface area contributed by atoms with E-state index in [4.69, 9.17) is 46.6 Å². The highest BCUT2D eigenvalue weighted by Gasteiger charge is 2.13. The summed E-state index contributed by atoms with van der Waals surface area (Å²) < 4.78 is 1.44. The molecule has 0 aliphatic carbocycles. The van der Waals surface area contributed by atoms with Crippen molar-refractivity contribution in [3.05, 3.63) is 57.5 Å². The van der Waals surface area contributed by atoms with Crippen LogP contribution >= 0.6 is 46.6 Å². The SMILES string of the molecule is Clc1ccc(N(Cl)CNc2ccccc2)c(Cl)c1Cl. The Kier molecular flexibility index (Phi) is 5.06. The number of halogens is 4. The lowest BCUT2D eigenvalue weighted by Gasteiger charge is -2.19. The molecule has 0 fully saturated rings. The van der Waals surface area contributed by atoms with Gasteiger partial charge in [0.05, 0.1) is 20.8 Å². The van der Waals surface area contributed by atoms with Gasteiger partial charge >= 0.3 is 0 Å². The lowest BCUT2D eigenvalue weighted by molar-refractivity contribution is 1.11. The van der Waals surface area contributed by atoms with Gasteiger partial charge in [-0.1, -0.05) is 53.0 Å². The maximum Gasteiger partial charge on any atom is 0.103 e. The van der Waals surface area contributed by atoms with E-state index in [0.717, 1.165) is 5.69 Å². The van der Waals surface area contributed by atoms with E-state index < -0.39 is 0 Å². The van der Waals surface area contributed by atoms with Gasteiger partial charge in [-0.25, -0.2) is 0 Å².